The molecule has 3 rings (SSSR count). The lowest BCUT2D eigenvalue weighted by Gasteiger charge is -2.07. The lowest BCUT2D eigenvalue weighted by molar-refractivity contribution is 0.926. The standard InChI is InChI=1S/C13H11N3O/c1-9-12(10-5-3-2-4-6-10)16-11(7-8-14-16)15-13(9)17/h2-8H,1H3,(H,15,17). The summed E-state index contributed by atoms with van der Waals surface area (Å²) >= 11 is 0. The Kier molecular flexibility index (Phi) is 2.08. The molecule has 1 N–H and O–H groups in total. The molecule has 2 heterocycles. The normalized spacial score (nSPS) is 10.9. The Morgan fingerprint density at radius 1 is 1.18 bits per heavy atom. The summed E-state index contributed by atoms with van der Waals surface area (Å²) in [6.45, 7) is 1.81. The minimum atomic E-state index is -0.0724. The molecule has 0 aliphatic carbocycles. The fourth-order valence-electron chi connectivity index (χ4n) is 1.99. The lowest BCUT2D eigenvalue weighted by Crippen LogP contribution is -2.15. The molecule has 4 nitrogen and oxygen atoms in total. The molecule has 0 unspecified atom stereocenters. The Morgan fingerprint density at radius 2 is 1.94 bits per heavy atom. The van der Waals surface area contributed by atoms with Crippen molar-refractivity contribution in [3.8, 4) is 11.3 Å². The van der Waals surface area contributed by atoms with Crippen LogP contribution in [0.3, 0.4) is 0 Å². The molecule has 84 valence electrons. The molecule has 0 aliphatic rings. The second-order valence-electron chi connectivity index (χ2n) is 3.92. The molecule has 3 aromatic rings. The molecule has 0 fully saturated rings. The van der Waals surface area contributed by atoms with E-state index in [-0.39, 0.29) is 5.56 Å². The number of nitrogens with one attached hydrogen (secondary N) is 1. The van der Waals surface area contributed by atoms with E-state index < -0.39 is 0 Å². The molecule has 17 heavy (non-hydrogen) atoms. The van der Waals surface area contributed by atoms with Gasteiger partial charge < -0.3 is 4.98 Å². The monoisotopic (exact) mass is 225 g/mol. The predicted octanol–water partition coefficient (Wildman–Crippen LogP) is 2.00. The van der Waals surface area contributed by atoms with Crippen LogP contribution >= 0.6 is 0 Å². The number of aromatic amines is 1. The van der Waals surface area contributed by atoms with Crippen LogP contribution in [0.4, 0.5) is 0 Å². The second kappa shape index (κ2) is 3.59. The largest absolute Gasteiger partial charge is 0.307 e. The highest BCUT2D eigenvalue weighted by Crippen LogP contribution is 2.20. The Bertz CT molecular complexity index is 725. The number of fused-ring (bicyclic) bond motifs is 1. The van der Waals surface area contributed by atoms with Gasteiger partial charge in [-0.25, -0.2) is 4.52 Å². The molecular formula is C13H11N3O. The first-order valence-corrected chi connectivity index (χ1v) is 5.39. The Labute approximate surface area is 97.5 Å². The minimum Gasteiger partial charge on any atom is -0.307 e. The molecule has 1 aromatic carbocycles. The molecule has 0 spiro atoms. The van der Waals surface area contributed by atoms with E-state index in [0.29, 0.717) is 11.2 Å². The fourth-order valence-corrected chi connectivity index (χ4v) is 1.99. The fraction of sp³-hybridized carbons (Fsp3) is 0.0769. The van der Waals surface area contributed by atoms with Crippen molar-refractivity contribution in [3.63, 3.8) is 0 Å². The van der Waals surface area contributed by atoms with E-state index in [1.165, 1.54) is 0 Å². The molecule has 0 amide bonds. The number of rotatable bonds is 1. The van der Waals surface area contributed by atoms with Crippen molar-refractivity contribution in [3.05, 3.63) is 58.5 Å². The Balaban J connectivity index is 2.46. The molecule has 4 heteroatoms. The van der Waals surface area contributed by atoms with Crippen LogP contribution in [0.5, 0.6) is 0 Å². The van der Waals surface area contributed by atoms with Crippen LogP contribution in [0.25, 0.3) is 16.9 Å². The van der Waals surface area contributed by atoms with Gasteiger partial charge in [0.05, 0.1) is 11.9 Å². The van der Waals surface area contributed by atoms with Crippen LogP contribution in [0.2, 0.25) is 0 Å². The third-order valence-corrected chi connectivity index (χ3v) is 2.84. The Hall–Kier alpha value is -2.36. The zero-order valence-corrected chi connectivity index (χ0v) is 9.34. The zero-order chi connectivity index (χ0) is 11.8. The topological polar surface area (TPSA) is 50.2 Å². The first kappa shape index (κ1) is 9.84. The zero-order valence-electron chi connectivity index (χ0n) is 9.34. The van der Waals surface area contributed by atoms with E-state index in [9.17, 15) is 4.79 Å². The maximum Gasteiger partial charge on any atom is 0.254 e. The Morgan fingerprint density at radius 3 is 2.71 bits per heavy atom. The van der Waals surface area contributed by atoms with Gasteiger partial charge in [0.15, 0.2) is 0 Å². The van der Waals surface area contributed by atoms with Crippen molar-refractivity contribution in [1.29, 1.82) is 0 Å². The molecule has 0 radical (unpaired) electrons. The summed E-state index contributed by atoms with van der Waals surface area (Å²) in [5, 5.41) is 4.24. The predicted molar refractivity (Wildman–Crippen MR) is 66.0 cm³/mol. The van der Waals surface area contributed by atoms with Gasteiger partial charge in [-0.15, -0.1) is 0 Å². The third-order valence-electron chi connectivity index (χ3n) is 2.84. The number of benzene rings is 1. The molecule has 0 saturated carbocycles. The van der Waals surface area contributed by atoms with Crippen LogP contribution in [-0.2, 0) is 0 Å². The van der Waals surface area contributed by atoms with Crippen molar-refractivity contribution < 1.29 is 0 Å². The van der Waals surface area contributed by atoms with Crippen LogP contribution in [0, 0.1) is 6.92 Å². The van der Waals surface area contributed by atoms with Crippen LogP contribution in [-0.4, -0.2) is 14.6 Å². The van der Waals surface area contributed by atoms with Gasteiger partial charge in [0.25, 0.3) is 5.56 Å². The van der Waals surface area contributed by atoms with Crippen LogP contribution in [0.1, 0.15) is 5.56 Å². The van der Waals surface area contributed by atoms with Gasteiger partial charge in [0, 0.05) is 17.2 Å². The van der Waals surface area contributed by atoms with Gasteiger partial charge in [-0.05, 0) is 6.92 Å². The average Bonchev–Trinajstić information content (AvgIpc) is 2.79. The van der Waals surface area contributed by atoms with Gasteiger partial charge in [-0.3, -0.25) is 4.79 Å². The highest BCUT2D eigenvalue weighted by atomic mass is 16.1. The van der Waals surface area contributed by atoms with E-state index in [4.69, 9.17) is 0 Å². The van der Waals surface area contributed by atoms with Crippen molar-refractivity contribution in [1.82, 2.24) is 14.6 Å². The molecule has 0 bridgehead atoms. The highest BCUT2D eigenvalue weighted by Gasteiger charge is 2.10. The van der Waals surface area contributed by atoms with E-state index >= 15 is 0 Å². The van der Waals surface area contributed by atoms with Gasteiger partial charge in [-0.1, -0.05) is 30.3 Å². The van der Waals surface area contributed by atoms with Gasteiger partial charge in [-0.2, -0.15) is 5.10 Å². The highest BCUT2D eigenvalue weighted by molar-refractivity contribution is 5.65. The number of aromatic nitrogens is 3. The molecule has 0 saturated heterocycles. The first-order valence-electron chi connectivity index (χ1n) is 5.39. The average molecular weight is 225 g/mol. The van der Waals surface area contributed by atoms with Crippen molar-refractivity contribution in [2.45, 2.75) is 6.92 Å². The summed E-state index contributed by atoms with van der Waals surface area (Å²) in [5.41, 5.74) is 3.14. The van der Waals surface area contributed by atoms with E-state index in [2.05, 4.69) is 10.1 Å². The molecule has 0 atom stereocenters. The van der Waals surface area contributed by atoms with Gasteiger partial charge in [0.2, 0.25) is 0 Å². The number of hydrogen-bond donors (Lipinski definition) is 1. The lowest BCUT2D eigenvalue weighted by atomic mass is 10.1. The summed E-state index contributed by atoms with van der Waals surface area (Å²) in [7, 11) is 0. The SMILES string of the molecule is Cc1c(-c2ccccc2)n2nccc2[nH]c1=O. The summed E-state index contributed by atoms with van der Waals surface area (Å²) in [6.07, 6.45) is 1.68. The number of nitrogens with zero attached hydrogens (tertiary/aromatic N) is 2. The van der Waals surface area contributed by atoms with Crippen LogP contribution in [0.15, 0.2) is 47.4 Å². The maximum absolute atomic E-state index is 11.8. The second-order valence-corrected chi connectivity index (χ2v) is 3.92. The first-order chi connectivity index (χ1) is 8.27. The molecule has 0 aliphatic heterocycles. The van der Waals surface area contributed by atoms with Gasteiger partial charge in [0.1, 0.15) is 5.65 Å². The van der Waals surface area contributed by atoms with Crippen molar-refractivity contribution >= 4 is 5.65 Å². The molecular weight excluding hydrogens is 214 g/mol. The number of hydrogen-bond acceptors (Lipinski definition) is 2. The van der Waals surface area contributed by atoms with E-state index in [1.54, 1.807) is 16.8 Å². The number of H-pyrrole nitrogens is 1. The van der Waals surface area contributed by atoms with Crippen LogP contribution < -0.4 is 5.56 Å². The van der Waals surface area contributed by atoms with Crippen molar-refractivity contribution in [2.75, 3.05) is 0 Å². The summed E-state index contributed by atoms with van der Waals surface area (Å²) in [6, 6.07) is 11.6. The summed E-state index contributed by atoms with van der Waals surface area (Å²) in [4.78, 5) is 14.6. The smallest absolute Gasteiger partial charge is 0.254 e. The van der Waals surface area contributed by atoms with Crippen molar-refractivity contribution in [2.24, 2.45) is 0 Å². The maximum atomic E-state index is 11.8. The van der Waals surface area contributed by atoms with E-state index in [1.807, 2.05) is 37.3 Å². The molecule has 2 aromatic heterocycles. The third kappa shape index (κ3) is 1.45. The summed E-state index contributed by atoms with van der Waals surface area (Å²) in [5.74, 6) is 0. The minimum absolute atomic E-state index is 0.0724. The quantitative estimate of drug-likeness (QED) is 0.688. The summed E-state index contributed by atoms with van der Waals surface area (Å²) < 4.78 is 1.76. The van der Waals surface area contributed by atoms with Gasteiger partial charge >= 0.3 is 0 Å². The van der Waals surface area contributed by atoms with E-state index in [0.717, 1.165) is 11.3 Å².